The molecule has 20 heavy (non-hydrogen) atoms. The molecular formula is C16H20N2O2. The number of carbonyl (C=O) groups excluding carboxylic acids is 1. The largest absolute Gasteiger partial charge is 0.396 e. The molecule has 1 fully saturated rings. The van der Waals surface area contributed by atoms with Gasteiger partial charge in [0.15, 0.2) is 0 Å². The summed E-state index contributed by atoms with van der Waals surface area (Å²) in [7, 11) is 0. The number of nitrogens with zero attached hydrogens (tertiary/aromatic N) is 2. The van der Waals surface area contributed by atoms with Crippen LogP contribution in [0.4, 0.5) is 0 Å². The van der Waals surface area contributed by atoms with Gasteiger partial charge in [0.2, 0.25) is 0 Å². The van der Waals surface area contributed by atoms with Crippen LogP contribution in [-0.4, -0.2) is 35.1 Å². The summed E-state index contributed by atoms with van der Waals surface area (Å²) in [6.45, 7) is 0.156. The molecule has 1 aliphatic rings. The van der Waals surface area contributed by atoms with Crippen molar-refractivity contribution in [3.05, 3.63) is 35.9 Å². The lowest BCUT2D eigenvalue weighted by molar-refractivity contribution is 0.0475. The van der Waals surface area contributed by atoms with Crippen LogP contribution in [-0.2, 0) is 0 Å². The van der Waals surface area contributed by atoms with E-state index < -0.39 is 0 Å². The van der Waals surface area contributed by atoms with Crippen LogP contribution >= 0.6 is 0 Å². The maximum atomic E-state index is 12.6. The van der Waals surface area contributed by atoms with E-state index in [9.17, 15) is 9.90 Å². The second-order valence-corrected chi connectivity index (χ2v) is 5.25. The molecule has 4 nitrogen and oxygen atoms in total. The van der Waals surface area contributed by atoms with E-state index in [4.69, 9.17) is 5.26 Å². The zero-order valence-electron chi connectivity index (χ0n) is 11.5. The third-order valence-electron chi connectivity index (χ3n) is 4.03. The molecule has 4 heteroatoms. The van der Waals surface area contributed by atoms with Crippen molar-refractivity contribution in [2.75, 3.05) is 13.2 Å². The quantitative estimate of drug-likeness (QED) is 0.855. The molecule has 0 radical (unpaired) electrons. The standard InChI is InChI=1S/C16H20N2O2/c17-10-11-18(15-9-5-4-8-14(15)12-19)16(20)13-6-2-1-3-7-13/h1-3,6-7,14-15,19H,4-5,8-9,11-12H2. The molecule has 1 saturated carbocycles. The lowest BCUT2D eigenvalue weighted by Crippen LogP contribution is -2.47. The lowest BCUT2D eigenvalue weighted by atomic mass is 9.83. The Balaban J connectivity index is 2.22. The van der Waals surface area contributed by atoms with Crippen molar-refractivity contribution >= 4 is 5.91 Å². The Kier molecular flexibility index (Phi) is 5.14. The van der Waals surface area contributed by atoms with Crippen molar-refractivity contribution in [1.82, 2.24) is 4.90 Å². The number of rotatable bonds is 4. The van der Waals surface area contributed by atoms with Gasteiger partial charge in [-0.25, -0.2) is 0 Å². The SMILES string of the molecule is N#CCN(C(=O)c1ccccc1)C1CCCCC1CO. The van der Waals surface area contributed by atoms with E-state index in [-0.39, 0.29) is 31.0 Å². The molecule has 1 aromatic rings. The number of amides is 1. The van der Waals surface area contributed by atoms with Gasteiger partial charge < -0.3 is 10.0 Å². The smallest absolute Gasteiger partial charge is 0.254 e. The Morgan fingerprint density at radius 1 is 1.30 bits per heavy atom. The number of hydrogen-bond acceptors (Lipinski definition) is 3. The van der Waals surface area contributed by atoms with Crippen LogP contribution in [0.2, 0.25) is 0 Å². The number of hydrogen-bond donors (Lipinski definition) is 1. The summed E-state index contributed by atoms with van der Waals surface area (Å²) in [6, 6.07) is 11.1. The molecule has 2 atom stereocenters. The molecule has 0 aliphatic heterocycles. The molecule has 1 aliphatic carbocycles. The molecule has 106 valence electrons. The lowest BCUT2D eigenvalue weighted by Gasteiger charge is -2.38. The van der Waals surface area contributed by atoms with E-state index in [2.05, 4.69) is 6.07 Å². The van der Waals surface area contributed by atoms with Crippen molar-refractivity contribution in [2.24, 2.45) is 5.92 Å². The van der Waals surface area contributed by atoms with Gasteiger partial charge in [-0.2, -0.15) is 5.26 Å². The van der Waals surface area contributed by atoms with E-state index in [1.54, 1.807) is 17.0 Å². The number of benzene rings is 1. The Morgan fingerprint density at radius 2 is 2.00 bits per heavy atom. The summed E-state index contributed by atoms with van der Waals surface area (Å²) in [5.74, 6) is -0.0257. The van der Waals surface area contributed by atoms with Gasteiger partial charge in [-0.3, -0.25) is 4.79 Å². The van der Waals surface area contributed by atoms with Crippen LogP contribution in [0.5, 0.6) is 0 Å². The van der Waals surface area contributed by atoms with Gasteiger partial charge >= 0.3 is 0 Å². The van der Waals surface area contributed by atoms with E-state index in [1.165, 1.54) is 0 Å². The highest BCUT2D eigenvalue weighted by atomic mass is 16.3. The van der Waals surface area contributed by atoms with Gasteiger partial charge in [0.05, 0.1) is 6.07 Å². The van der Waals surface area contributed by atoms with Crippen LogP contribution in [0.25, 0.3) is 0 Å². The van der Waals surface area contributed by atoms with Crippen molar-refractivity contribution in [3.8, 4) is 6.07 Å². The van der Waals surface area contributed by atoms with E-state index in [0.717, 1.165) is 25.7 Å². The Hall–Kier alpha value is -1.86. The number of carbonyl (C=O) groups is 1. The minimum absolute atomic E-state index is 0.0268. The molecule has 0 heterocycles. The van der Waals surface area contributed by atoms with Gasteiger partial charge in [-0.1, -0.05) is 31.0 Å². The second kappa shape index (κ2) is 7.06. The fourth-order valence-electron chi connectivity index (χ4n) is 2.97. The highest BCUT2D eigenvalue weighted by molar-refractivity contribution is 5.94. The predicted molar refractivity (Wildman–Crippen MR) is 75.9 cm³/mol. The summed E-state index contributed by atoms with van der Waals surface area (Å²) in [5, 5.41) is 18.5. The molecule has 0 spiro atoms. The zero-order chi connectivity index (χ0) is 14.4. The van der Waals surface area contributed by atoms with Gasteiger partial charge in [-0.15, -0.1) is 0 Å². The minimum atomic E-state index is -0.113. The molecule has 1 aromatic carbocycles. The van der Waals surface area contributed by atoms with Crippen molar-refractivity contribution < 1.29 is 9.90 Å². The highest BCUT2D eigenvalue weighted by Crippen LogP contribution is 2.29. The first kappa shape index (κ1) is 14.5. The van der Waals surface area contributed by atoms with Crippen molar-refractivity contribution in [2.45, 2.75) is 31.7 Å². The average Bonchev–Trinajstić information content (AvgIpc) is 2.53. The molecule has 1 amide bonds. The first-order chi connectivity index (χ1) is 9.77. The molecule has 0 aromatic heterocycles. The minimum Gasteiger partial charge on any atom is -0.396 e. The highest BCUT2D eigenvalue weighted by Gasteiger charge is 2.32. The topological polar surface area (TPSA) is 64.3 Å². The summed E-state index contributed by atoms with van der Waals surface area (Å²) in [6.07, 6.45) is 3.92. The third kappa shape index (κ3) is 3.17. The van der Waals surface area contributed by atoms with Gasteiger partial charge in [0.25, 0.3) is 5.91 Å². The Labute approximate surface area is 119 Å². The van der Waals surface area contributed by atoms with Crippen LogP contribution in [0.1, 0.15) is 36.0 Å². The van der Waals surface area contributed by atoms with E-state index in [1.807, 2.05) is 18.2 Å². The molecule has 2 rings (SSSR count). The normalized spacial score (nSPS) is 22.0. The van der Waals surface area contributed by atoms with E-state index in [0.29, 0.717) is 5.56 Å². The fraction of sp³-hybridized carbons (Fsp3) is 0.500. The van der Waals surface area contributed by atoms with Crippen LogP contribution < -0.4 is 0 Å². The molecular weight excluding hydrogens is 252 g/mol. The first-order valence-corrected chi connectivity index (χ1v) is 7.11. The molecule has 0 bridgehead atoms. The van der Waals surface area contributed by atoms with Crippen molar-refractivity contribution in [3.63, 3.8) is 0 Å². The summed E-state index contributed by atoms with van der Waals surface area (Å²) >= 11 is 0. The summed E-state index contributed by atoms with van der Waals surface area (Å²) in [5.41, 5.74) is 0.602. The number of aliphatic hydroxyl groups excluding tert-OH is 1. The van der Waals surface area contributed by atoms with Crippen LogP contribution in [0, 0.1) is 17.2 Å². The molecule has 2 unspecified atom stereocenters. The predicted octanol–water partition coefficient (Wildman–Crippen LogP) is 2.20. The van der Waals surface area contributed by atoms with Gasteiger partial charge in [-0.05, 0) is 25.0 Å². The number of aliphatic hydroxyl groups is 1. The van der Waals surface area contributed by atoms with Crippen molar-refractivity contribution in [1.29, 1.82) is 5.26 Å². The third-order valence-corrected chi connectivity index (χ3v) is 4.03. The summed E-state index contributed by atoms with van der Waals surface area (Å²) in [4.78, 5) is 14.2. The average molecular weight is 272 g/mol. The van der Waals surface area contributed by atoms with Crippen LogP contribution in [0.3, 0.4) is 0 Å². The fourth-order valence-corrected chi connectivity index (χ4v) is 2.97. The van der Waals surface area contributed by atoms with Crippen LogP contribution in [0.15, 0.2) is 30.3 Å². The first-order valence-electron chi connectivity index (χ1n) is 7.11. The Morgan fingerprint density at radius 3 is 2.65 bits per heavy atom. The van der Waals surface area contributed by atoms with E-state index >= 15 is 0 Å². The molecule has 0 saturated heterocycles. The van der Waals surface area contributed by atoms with Gasteiger partial charge in [0, 0.05) is 24.1 Å². The summed E-state index contributed by atoms with van der Waals surface area (Å²) < 4.78 is 0. The maximum Gasteiger partial charge on any atom is 0.254 e. The maximum absolute atomic E-state index is 12.6. The number of nitriles is 1. The Bertz CT molecular complexity index is 481. The second-order valence-electron chi connectivity index (χ2n) is 5.25. The monoisotopic (exact) mass is 272 g/mol. The van der Waals surface area contributed by atoms with Gasteiger partial charge in [0.1, 0.15) is 6.54 Å². The zero-order valence-corrected chi connectivity index (χ0v) is 11.5. The molecule has 1 N–H and O–H groups in total.